The number of hydrogen-bond donors (Lipinski definition) is 2. The molecule has 2 atom stereocenters. The summed E-state index contributed by atoms with van der Waals surface area (Å²) in [6, 6.07) is 6.40. The Morgan fingerprint density at radius 1 is 1.53 bits per heavy atom. The topological polar surface area (TPSA) is 47.3 Å². The molecule has 2 unspecified atom stereocenters. The minimum atomic E-state index is 0.314. The first-order valence-electron chi connectivity index (χ1n) is 6.64. The highest BCUT2D eigenvalue weighted by Crippen LogP contribution is 2.31. The molecule has 0 aromatic heterocycles. The zero-order valence-electron chi connectivity index (χ0n) is 11.2. The number of hydrazine groups is 1. The molecule has 1 aromatic carbocycles. The Morgan fingerprint density at radius 2 is 2.37 bits per heavy atom. The summed E-state index contributed by atoms with van der Waals surface area (Å²) >= 11 is 5.65. The third-order valence-electron chi connectivity index (χ3n) is 3.57. The molecule has 0 amide bonds. The van der Waals surface area contributed by atoms with E-state index in [1.165, 1.54) is 30.6 Å². The number of benzene rings is 1. The number of rotatable bonds is 5. The van der Waals surface area contributed by atoms with Crippen LogP contribution in [0.15, 0.2) is 22.7 Å². The minimum absolute atomic E-state index is 0.314. The van der Waals surface area contributed by atoms with Crippen molar-refractivity contribution in [2.24, 2.45) is 5.84 Å². The van der Waals surface area contributed by atoms with Crippen LogP contribution < -0.4 is 16.0 Å². The van der Waals surface area contributed by atoms with Gasteiger partial charge in [-0.1, -0.05) is 22.4 Å². The second-order valence-corrected chi connectivity index (χ2v) is 7.04. The first-order chi connectivity index (χ1) is 9.24. The molecule has 1 aliphatic heterocycles. The fourth-order valence-electron chi connectivity index (χ4n) is 2.45. The van der Waals surface area contributed by atoms with Gasteiger partial charge in [-0.05, 0) is 48.8 Å². The summed E-state index contributed by atoms with van der Waals surface area (Å²) in [6.07, 6.45) is 4.82. The van der Waals surface area contributed by atoms with E-state index >= 15 is 0 Å². The van der Waals surface area contributed by atoms with Gasteiger partial charge in [0.05, 0.1) is 7.11 Å². The molecule has 3 N–H and O–H groups in total. The zero-order valence-corrected chi connectivity index (χ0v) is 13.6. The van der Waals surface area contributed by atoms with Gasteiger partial charge in [0, 0.05) is 15.8 Å². The zero-order chi connectivity index (χ0) is 13.7. The lowest BCUT2D eigenvalue weighted by Crippen LogP contribution is -2.45. The second kappa shape index (κ2) is 7.53. The normalized spacial score (nSPS) is 21.1. The predicted molar refractivity (Wildman–Crippen MR) is 85.6 cm³/mol. The smallest absolute Gasteiger partial charge is 0.119 e. The van der Waals surface area contributed by atoms with E-state index in [0.29, 0.717) is 11.3 Å². The number of nitrogens with two attached hydrogens (primary N) is 1. The highest BCUT2D eigenvalue weighted by atomic mass is 79.9. The average Bonchev–Trinajstić information content (AvgIpc) is 2.47. The Bertz CT molecular complexity index is 410. The molecule has 19 heavy (non-hydrogen) atoms. The molecular formula is C14H21BrN2OS. The molecule has 1 aromatic rings. The lowest BCUT2D eigenvalue weighted by atomic mass is 10.00. The maximum Gasteiger partial charge on any atom is 0.119 e. The molecule has 0 spiro atoms. The van der Waals surface area contributed by atoms with Gasteiger partial charge in [0.1, 0.15) is 5.75 Å². The van der Waals surface area contributed by atoms with Crippen LogP contribution in [0.25, 0.3) is 0 Å². The van der Waals surface area contributed by atoms with Crippen LogP contribution >= 0.6 is 27.7 Å². The molecule has 1 heterocycles. The number of methoxy groups -OCH3 is 1. The SMILES string of the molecule is COc1ccc(Br)c(CC(NN)C2CCCCS2)c1. The molecule has 0 aliphatic carbocycles. The summed E-state index contributed by atoms with van der Waals surface area (Å²) in [5.74, 6) is 7.91. The summed E-state index contributed by atoms with van der Waals surface area (Å²) in [4.78, 5) is 0. The maximum atomic E-state index is 5.76. The van der Waals surface area contributed by atoms with Gasteiger partial charge < -0.3 is 4.74 Å². The number of hydrogen-bond acceptors (Lipinski definition) is 4. The number of halogens is 1. The lowest BCUT2D eigenvalue weighted by molar-refractivity contribution is 0.413. The summed E-state index contributed by atoms with van der Waals surface area (Å²) in [5, 5.41) is 0.608. The van der Waals surface area contributed by atoms with Gasteiger partial charge in [-0.25, -0.2) is 0 Å². The van der Waals surface area contributed by atoms with Crippen LogP contribution in [0.5, 0.6) is 5.75 Å². The molecule has 3 nitrogen and oxygen atoms in total. The van der Waals surface area contributed by atoms with E-state index in [0.717, 1.165) is 16.6 Å². The fraction of sp³-hybridized carbons (Fsp3) is 0.571. The van der Waals surface area contributed by atoms with E-state index in [2.05, 4.69) is 27.4 Å². The van der Waals surface area contributed by atoms with E-state index in [9.17, 15) is 0 Å². The van der Waals surface area contributed by atoms with Crippen LogP contribution in [-0.2, 0) is 6.42 Å². The van der Waals surface area contributed by atoms with Crippen molar-refractivity contribution in [1.29, 1.82) is 0 Å². The molecule has 0 saturated carbocycles. The lowest BCUT2D eigenvalue weighted by Gasteiger charge is -2.29. The van der Waals surface area contributed by atoms with E-state index in [4.69, 9.17) is 10.6 Å². The van der Waals surface area contributed by atoms with Crippen LogP contribution in [0.3, 0.4) is 0 Å². The number of ether oxygens (including phenoxy) is 1. The highest BCUT2D eigenvalue weighted by molar-refractivity contribution is 9.10. The van der Waals surface area contributed by atoms with Crippen molar-refractivity contribution >= 4 is 27.7 Å². The van der Waals surface area contributed by atoms with Crippen LogP contribution in [0.4, 0.5) is 0 Å². The Hall–Kier alpha value is -0.230. The van der Waals surface area contributed by atoms with E-state index in [1.54, 1.807) is 7.11 Å². The van der Waals surface area contributed by atoms with Gasteiger partial charge in [0.15, 0.2) is 0 Å². The van der Waals surface area contributed by atoms with Crippen LogP contribution in [0.1, 0.15) is 24.8 Å². The third kappa shape index (κ3) is 4.12. The molecule has 0 radical (unpaired) electrons. The van der Waals surface area contributed by atoms with E-state index in [1.807, 2.05) is 23.9 Å². The summed E-state index contributed by atoms with van der Waals surface area (Å²) in [5.41, 5.74) is 4.25. The van der Waals surface area contributed by atoms with Gasteiger partial charge >= 0.3 is 0 Å². The Labute approximate surface area is 127 Å². The van der Waals surface area contributed by atoms with E-state index in [-0.39, 0.29) is 0 Å². The van der Waals surface area contributed by atoms with Gasteiger partial charge in [-0.2, -0.15) is 11.8 Å². The molecule has 2 rings (SSSR count). The van der Waals surface area contributed by atoms with Crippen LogP contribution in [0, 0.1) is 0 Å². The molecule has 1 fully saturated rings. The quantitative estimate of drug-likeness (QED) is 0.636. The molecular weight excluding hydrogens is 324 g/mol. The van der Waals surface area contributed by atoms with Gasteiger partial charge in [0.2, 0.25) is 0 Å². The van der Waals surface area contributed by atoms with Crippen molar-refractivity contribution in [2.75, 3.05) is 12.9 Å². The molecule has 5 heteroatoms. The predicted octanol–water partition coefficient (Wildman–Crippen LogP) is 3.12. The van der Waals surface area contributed by atoms with Crippen molar-refractivity contribution in [2.45, 2.75) is 37.0 Å². The maximum absolute atomic E-state index is 5.76. The van der Waals surface area contributed by atoms with Gasteiger partial charge in [-0.3, -0.25) is 11.3 Å². The van der Waals surface area contributed by atoms with Crippen molar-refractivity contribution in [3.8, 4) is 5.75 Å². The largest absolute Gasteiger partial charge is 0.497 e. The minimum Gasteiger partial charge on any atom is -0.497 e. The molecule has 1 aliphatic rings. The monoisotopic (exact) mass is 344 g/mol. The van der Waals surface area contributed by atoms with Crippen molar-refractivity contribution in [1.82, 2.24) is 5.43 Å². The van der Waals surface area contributed by atoms with Crippen molar-refractivity contribution in [3.05, 3.63) is 28.2 Å². The highest BCUT2D eigenvalue weighted by Gasteiger charge is 2.24. The summed E-state index contributed by atoms with van der Waals surface area (Å²) < 4.78 is 6.41. The standard InChI is InChI=1S/C14H21BrN2OS/c1-18-11-5-6-12(15)10(8-11)9-13(17-16)14-4-2-3-7-19-14/h5-6,8,13-14,17H,2-4,7,9,16H2,1H3. The number of thioether (sulfide) groups is 1. The molecule has 0 bridgehead atoms. The summed E-state index contributed by atoms with van der Waals surface area (Å²) in [6.45, 7) is 0. The second-order valence-electron chi connectivity index (χ2n) is 4.84. The summed E-state index contributed by atoms with van der Waals surface area (Å²) in [7, 11) is 1.70. The van der Waals surface area contributed by atoms with Crippen LogP contribution in [-0.4, -0.2) is 24.2 Å². The van der Waals surface area contributed by atoms with E-state index < -0.39 is 0 Å². The van der Waals surface area contributed by atoms with Crippen molar-refractivity contribution < 1.29 is 4.74 Å². The number of nitrogens with one attached hydrogen (secondary N) is 1. The van der Waals surface area contributed by atoms with Gasteiger partial charge in [0.25, 0.3) is 0 Å². The Kier molecular flexibility index (Phi) is 6.01. The van der Waals surface area contributed by atoms with Gasteiger partial charge in [-0.15, -0.1) is 0 Å². The van der Waals surface area contributed by atoms with Crippen LogP contribution in [0.2, 0.25) is 0 Å². The third-order valence-corrected chi connectivity index (χ3v) is 5.86. The first kappa shape index (κ1) is 15.2. The van der Waals surface area contributed by atoms with Crippen molar-refractivity contribution in [3.63, 3.8) is 0 Å². The Balaban J connectivity index is 2.08. The fourth-order valence-corrected chi connectivity index (χ4v) is 4.27. The molecule has 1 saturated heterocycles. The average molecular weight is 345 g/mol. The molecule has 106 valence electrons. The first-order valence-corrected chi connectivity index (χ1v) is 8.49. The Morgan fingerprint density at radius 3 is 3.00 bits per heavy atom.